The molecule has 0 bridgehead atoms. The minimum atomic E-state index is -1.22. The fourth-order valence-corrected chi connectivity index (χ4v) is 3.37. The van der Waals surface area contributed by atoms with Crippen LogP contribution in [0.25, 0.3) is 22.1 Å². The Morgan fingerprint density at radius 3 is 1.70 bits per heavy atom. The van der Waals surface area contributed by atoms with E-state index in [2.05, 4.69) is 20.6 Å². The number of nitrogens with two attached hydrogens (primary N) is 1. The van der Waals surface area contributed by atoms with Crippen molar-refractivity contribution in [3.8, 4) is 0 Å². The number of para-hydroxylation sites is 2. The molecule has 0 saturated carbocycles. The summed E-state index contributed by atoms with van der Waals surface area (Å²) < 4.78 is 3.40. The van der Waals surface area contributed by atoms with Gasteiger partial charge in [-0.15, -0.1) is 10.2 Å². The zero-order chi connectivity index (χ0) is 18.4. The van der Waals surface area contributed by atoms with Crippen molar-refractivity contribution in [2.24, 2.45) is 5.73 Å². The van der Waals surface area contributed by atoms with E-state index in [-0.39, 0.29) is 0 Å². The first kappa shape index (κ1) is 15.7. The van der Waals surface area contributed by atoms with E-state index in [4.69, 9.17) is 5.73 Å². The third kappa shape index (κ3) is 2.25. The first-order valence-electron chi connectivity index (χ1n) is 8.66. The fraction of sp³-hybridized carbons (Fsp3) is 0.100. The Morgan fingerprint density at radius 1 is 0.704 bits per heavy atom. The molecule has 0 unspecified atom stereocenters. The second kappa shape index (κ2) is 5.72. The van der Waals surface area contributed by atoms with Crippen molar-refractivity contribution in [3.63, 3.8) is 0 Å². The van der Waals surface area contributed by atoms with Gasteiger partial charge in [0.2, 0.25) is 5.79 Å². The van der Waals surface area contributed by atoms with Gasteiger partial charge in [0.05, 0.1) is 11.0 Å². The minimum Gasteiger partial charge on any atom is -0.284 e. The van der Waals surface area contributed by atoms with E-state index in [1.807, 2.05) is 79.7 Å². The number of hydrogen-bond acceptors (Lipinski definition) is 5. The number of aryl methyl sites for hydroxylation is 1. The molecule has 7 heteroatoms. The molecular formula is C20H17N7. The summed E-state index contributed by atoms with van der Waals surface area (Å²) in [4.78, 5) is 0. The van der Waals surface area contributed by atoms with Crippen LogP contribution in [-0.4, -0.2) is 30.0 Å². The maximum Gasteiger partial charge on any atom is 0.236 e. The zero-order valence-corrected chi connectivity index (χ0v) is 14.7. The van der Waals surface area contributed by atoms with E-state index in [0.717, 1.165) is 33.2 Å². The molecule has 5 rings (SSSR count). The maximum atomic E-state index is 7.05. The van der Waals surface area contributed by atoms with E-state index >= 15 is 0 Å². The average molecular weight is 355 g/mol. The number of fused-ring (bicyclic) bond motifs is 2. The molecule has 0 fully saturated rings. The van der Waals surface area contributed by atoms with Gasteiger partial charge in [0.25, 0.3) is 0 Å². The molecule has 7 nitrogen and oxygen atoms in total. The van der Waals surface area contributed by atoms with Gasteiger partial charge in [-0.2, -0.15) is 9.36 Å². The van der Waals surface area contributed by atoms with Gasteiger partial charge < -0.3 is 0 Å². The SMILES string of the molecule is Cc1ccc(C(N)(n2nnc3ccccc32)n2nnc3ccccc32)cc1. The van der Waals surface area contributed by atoms with Gasteiger partial charge in [0.15, 0.2) is 0 Å². The second-order valence-corrected chi connectivity index (χ2v) is 6.57. The van der Waals surface area contributed by atoms with Crippen molar-refractivity contribution in [2.75, 3.05) is 0 Å². The third-order valence-electron chi connectivity index (χ3n) is 4.83. The van der Waals surface area contributed by atoms with Crippen molar-refractivity contribution in [3.05, 3.63) is 83.9 Å². The van der Waals surface area contributed by atoms with Crippen LogP contribution >= 0.6 is 0 Å². The molecule has 2 N–H and O–H groups in total. The molecule has 27 heavy (non-hydrogen) atoms. The van der Waals surface area contributed by atoms with Crippen LogP contribution in [0.4, 0.5) is 0 Å². The summed E-state index contributed by atoms with van der Waals surface area (Å²) in [6, 6.07) is 23.5. The molecule has 0 spiro atoms. The molecule has 5 aromatic rings. The Morgan fingerprint density at radius 2 is 1.19 bits per heavy atom. The van der Waals surface area contributed by atoms with Gasteiger partial charge in [0, 0.05) is 5.56 Å². The monoisotopic (exact) mass is 355 g/mol. The molecule has 132 valence electrons. The van der Waals surface area contributed by atoms with Crippen LogP contribution in [0.1, 0.15) is 11.1 Å². The van der Waals surface area contributed by atoms with E-state index in [1.165, 1.54) is 0 Å². The molecule has 0 aliphatic heterocycles. The minimum absolute atomic E-state index is 0.767. The summed E-state index contributed by atoms with van der Waals surface area (Å²) in [6.45, 7) is 2.04. The molecule has 3 aromatic carbocycles. The maximum absolute atomic E-state index is 7.05. The number of aromatic nitrogens is 6. The van der Waals surface area contributed by atoms with E-state index in [0.29, 0.717) is 0 Å². The van der Waals surface area contributed by atoms with Gasteiger partial charge in [-0.3, -0.25) is 5.73 Å². The van der Waals surface area contributed by atoms with Crippen LogP contribution < -0.4 is 5.73 Å². The molecule has 0 aliphatic carbocycles. The second-order valence-electron chi connectivity index (χ2n) is 6.57. The first-order valence-corrected chi connectivity index (χ1v) is 8.66. The predicted molar refractivity (Wildman–Crippen MR) is 103 cm³/mol. The van der Waals surface area contributed by atoms with Crippen LogP contribution in [0.5, 0.6) is 0 Å². The summed E-state index contributed by atoms with van der Waals surface area (Å²) in [6.07, 6.45) is 0. The molecule has 0 amide bonds. The molecular weight excluding hydrogens is 338 g/mol. The number of rotatable bonds is 3. The highest BCUT2D eigenvalue weighted by Gasteiger charge is 2.37. The molecule has 2 heterocycles. The highest BCUT2D eigenvalue weighted by molar-refractivity contribution is 5.76. The van der Waals surface area contributed by atoms with E-state index in [9.17, 15) is 0 Å². The van der Waals surface area contributed by atoms with Crippen molar-refractivity contribution in [1.82, 2.24) is 30.0 Å². The van der Waals surface area contributed by atoms with E-state index in [1.54, 1.807) is 9.36 Å². The standard InChI is InChI=1S/C20H17N7/c1-14-10-12-15(13-11-14)20(21,26-18-8-4-2-6-16(18)22-24-26)27-19-9-5-3-7-17(19)23-25-27/h2-13H,21H2,1H3. The summed E-state index contributed by atoms with van der Waals surface area (Å²) >= 11 is 0. The van der Waals surface area contributed by atoms with Crippen molar-refractivity contribution in [1.29, 1.82) is 0 Å². The van der Waals surface area contributed by atoms with Crippen LogP contribution in [0.15, 0.2) is 72.8 Å². The smallest absolute Gasteiger partial charge is 0.236 e. The van der Waals surface area contributed by atoms with Gasteiger partial charge >= 0.3 is 0 Å². The predicted octanol–water partition coefficient (Wildman–Crippen LogP) is 2.65. The topological polar surface area (TPSA) is 87.4 Å². The highest BCUT2D eigenvalue weighted by atomic mass is 15.6. The molecule has 0 radical (unpaired) electrons. The Balaban J connectivity index is 1.87. The van der Waals surface area contributed by atoms with E-state index < -0.39 is 5.79 Å². The number of hydrogen-bond donors (Lipinski definition) is 1. The van der Waals surface area contributed by atoms with Gasteiger partial charge in [0.1, 0.15) is 11.0 Å². The largest absolute Gasteiger partial charge is 0.284 e. The summed E-state index contributed by atoms with van der Waals surface area (Å²) in [5.74, 6) is -1.22. The molecule has 0 saturated heterocycles. The van der Waals surface area contributed by atoms with Gasteiger partial charge in [-0.25, -0.2) is 0 Å². The lowest BCUT2D eigenvalue weighted by molar-refractivity contribution is 0.253. The summed E-state index contributed by atoms with van der Waals surface area (Å²) in [7, 11) is 0. The van der Waals surface area contributed by atoms with Crippen LogP contribution in [0.3, 0.4) is 0 Å². The average Bonchev–Trinajstić information content (AvgIpc) is 3.33. The van der Waals surface area contributed by atoms with Gasteiger partial charge in [-0.05, 0) is 31.2 Å². The normalized spacial score (nSPS) is 12.1. The Bertz CT molecular complexity index is 1180. The third-order valence-corrected chi connectivity index (χ3v) is 4.83. The van der Waals surface area contributed by atoms with Crippen molar-refractivity contribution < 1.29 is 0 Å². The number of nitrogens with zero attached hydrogens (tertiary/aromatic N) is 6. The quantitative estimate of drug-likeness (QED) is 0.537. The van der Waals surface area contributed by atoms with Crippen molar-refractivity contribution >= 4 is 22.1 Å². The van der Waals surface area contributed by atoms with Crippen LogP contribution in [-0.2, 0) is 5.79 Å². The zero-order valence-electron chi connectivity index (χ0n) is 14.7. The summed E-state index contributed by atoms with van der Waals surface area (Å²) in [5.41, 5.74) is 12.2. The highest BCUT2D eigenvalue weighted by Crippen LogP contribution is 2.28. The lowest BCUT2D eigenvalue weighted by Crippen LogP contribution is -2.52. The van der Waals surface area contributed by atoms with Crippen LogP contribution in [0, 0.1) is 6.92 Å². The first-order chi connectivity index (χ1) is 13.2. The molecule has 2 aromatic heterocycles. The fourth-order valence-electron chi connectivity index (χ4n) is 3.37. The summed E-state index contributed by atoms with van der Waals surface area (Å²) in [5, 5.41) is 17.3. The lowest BCUT2D eigenvalue weighted by atomic mass is 10.1. The molecule has 0 aliphatic rings. The Kier molecular flexibility index (Phi) is 3.32. The van der Waals surface area contributed by atoms with Crippen LogP contribution in [0.2, 0.25) is 0 Å². The molecule has 0 atom stereocenters. The lowest BCUT2D eigenvalue weighted by Gasteiger charge is -2.31. The number of benzene rings is 3. The Hall–Kier alpha value is -3.58. The van der Waals surface area contributed by atoms with Gasteiger partial charge in [-0.1, -0.05) is 64.5 Å². The Labute approximate surface area is 155 Å². The van der Waals surface area contributed by atoms with Crippen molar-refractivity contribution in [2.45, 2.75) is 12.7 Å².